The van der Waals surface area contributed by atoms with Crippen molar-refractivity contribution in [3.8, 4) is 0 Å². The van der Waals surface area contributed by atoms with Crippen LogP contribution in [-0.2, 0) is 11.2 Å². The van der Waals surface area contributed by atoms with E-state index < -0.39 is 0 Å². The molecule has 0 fully saturated rings. The summed E-state index contributed by atoms with van der Waals surface area (Å²) in [6.45, 7) is 2.51. The molecule has 0 aliphatic heterocycles. The Morgan fingerprint density at radius 3 is 2.88 bits per heavy atom. The second-order valence-electron chi connectivity index (χ2n) is 3.84. The Labute approximate surface area is 103 Å². The van der Waals surface area contributed by atoms with Crippen LogP contribution in [0.4, 0.5) is 4.39 Å². The van der Waals surface area contributed by atoms with E-state index in [0.717, 1.165) is 4.47 Å². The maximum absolute atomic E-state index is 13.0. The van der Waals surface area contributed by atoms with Crippen molar-refractivity contribution in [3.63, 3.8) is 0 Å². The summed E-state index contributed by atoms with van der Waals surface area (Å²) in [4.78, 5) is 11.8. The van der Waals surface area contributed by atoms with Crippen molar-refractivity contribution in [1.29, 1.82) is 0 Å². The third kappa shape index (κ3) is 3.68. The van der Waals surface area contributed by atoms with E-state index in [1.807, 2.05) is 14.0 Å². The predicted molar refractivity (Wildman–Crippen MR) is 65.9 cm³/mol. The number of nitrogens with one attached hydrogen (secondary N) is 1. The van der Waals surface area contributed by atoms with Gasteiger partial charge in [0, 0.05) is 23.4 Å². The molecule has 0 saturated heterocycles. The summed E-state index contributed by atoms with van der Waals surface area (Å²) in [6.07, 6.45) is 0.265. The molecule has 0 bridgehead atoms. The van der Waals surface area contributed by atoms with Gasteiger partial charge in [-0.3, -0.25) is 4.79 Å². The Balaban J connectivity index is 2.72. The Bertz CT molecular complexity index is 381. The largest absolute Gasteiger partial charge is 0.319 e. The lowest BCUT2D eigenvalue weighted by Crippen LogP contribution is -2.25. The molecule has 1 rings (SSSR count). The Morgan fingerprint density at radius 2 is 2.25 bits per heavy atom. The second-order valence-corrected chi connectivity index (χ2v) is 4.69. The first kappa shape index (κ1) is 13.3. The van der Waals surface area contributed by atoms with Gasteiger partial charge in [-0.1, -0.05) is 22.9 Å². The van der Waals surface area contributed by atoms with Crippen LogP contribution in [0, 0.1) is 11.7 Å². The number of carbonyl (C=O) groups is 1. The summed E-state index contributed by atoms with van der Waals surface area (Å²) in [5.74, 6) is -0.256. The summed E-state index contributed by atoms with van der Waals surface area (Å²) in [5, 5.41) is 2.95. The Hall–Kier alpha value is -0.740. The van der Waals surface area contributed by atoms with Crippen LogP contribution >= 0.6 is 15.9 Å². The number of halogens is 2. The van der Waals surface area contributed by atoms with E-state index in [2.05, 4.69) is 21.2 Å². The average molecular weight is 288 g/mol. The summed E-state index contributed by atoms with van der Waals surface area (Å²) in [6, 6.07) is 4.39. The second kappa shape index (κ2) is 6.11. The molecule has 0 radical (unpaired) electrons. The van der Waals surface area contributed by atoms with Gasteiger partial charge < -0.3 is 5.32 Å². The monoisotopic (exact) mass is 287 g/mol. The number of rotatable bonds is 5. The molecule has 1 atom stereocenters. The summed E-state index contributed by atoms with van der Waals surface area (Å²) in [5.41, 5.74) is 0.702. The average Bonchev–Trinajstić information content (AvgIpc) is 2.23. The van der Waals surface area contributed by atoms with Crippen LogP contribution in [0.5, 0.6) is 0 Å². The zero-order chi connectivity index (χ0) is 12.1. The molecule has 1 N–H and O–H groups in total. The van der Waals surface area contributed by atoms with E-state index in [-0.39, 0.29) is 23.9 Å². The number of carbonyl (C=O) groups excluding carboxylic acids is 1. The number of benzene rings is 1. The molecular weight excluding hydrogens is 273 g/mol. The molecule has 0 heterocycles. The molecule has 0 amide bonds. The van der Waals surface area contributed by atoms with E-state index >= 15 is 0 Å². The highest BCUT2D eigenvalue weighted by molar-refractivity contribution is 9.10. The van der Waals surface area contributed by atoms with Crippen LogP contribution in [0.15, 0.2) is 22.7 Å². The zero-order valence-corrected chi connectivity index (χ0v) is 11.0. The molecule has 0 spiro atoms. The number of Topliss-reactive ketones (excluding diaryl/α,β-unsaturated/α-hetero) is 1. The van der Waals surface area contributed by atoms with Gasteiger partial charge in [0.1, 0.15) is 11.6 Å². The van der Waals surface area contributed by atoms with Gasteiger partial charge in [0.15, 0.2) is 0 Å². The molecule has 16 heavy (non-hydrogen) atoms. The molecule has 1 aromatic carbocycles. The van der Waals surface area contributed by atoms with Crippen molar-refractivity contribution in [2.45, 2.75) is 13.3 Å². The van der Waals surface area contributed by atoms with Crippen LogP contribution in [-0.4, -0.2) is 19.4 Å². The van der Waals surface area contributed by atoms with Gasteiger partial charge in [0.25, 0.3) is 0 Å². The highest BCUT2D eigenvalue weighted by Gasteiger charge is 2.14. The van der Waals surface area contributed by atoms with Crippen LogP contribution in [0.25, 0.3) is 0 Å². The van der Waals surface area contributed by atoms with Crippen molar-refractivity contribution in [3.05, 3.63) is 34.1 Å². The van der Waals surface area contributed by atoms with Crippen LogP contribution in [0.1, 0.15) is 12.5 Å². The highest BCUT2D eigenvalue weighted by Crippen LogP contribution is 2.19. The van der Waals surface area contributed by atoms with Gasteiger partial charge in [0.2, 0.25) is 0 Å². The van der Waals surface area contributed by atoms with Gasteiger partial charge in [-0.2, -0.15) is 0 Å². The lowest BCUT2D eigenvalue weighted by molar-refractivity contribution is -0.121. The van der Waals surface area contributed by atoms with E-state index in [0.29, 0.717) is 12.1 Å². The SMILES string of the molecule is CNCC(C)C(=O)Cc1cc(F)ccc1Br. The normalized spacial score (nSPS) is 12.5. The fourth-order valence-electron chi connectivity index (χ4n) is 1.46. The topological polar surface area (TPSA) is 29.1 Å². The number of ketones is 1. The van der Waals surface area contributed by atoms with Crippen molar-refractivity contribution >= 4 is 21.7 Å². The van der Waals surface area contributed by atoms with Crippen molar-refractivity contribution < 1.29 is 9.18 Å². The van der Waals surface area contributed by atoms with Gasteiger partial charge in [-0.25, -0.2) is 4.39 Å². The first-order valence-corrected chi connectivity index (χ1v) is 5.95. The van der Waals surface area contributed by atoms with Crippen LogP contribution in [0.2, 0.25) is 0 Å². The van der Waals surface area contributed by atoms with Crippen molar-refractivity contribution in [2.75, 3.05) is 13.6 Å². The first-order valence-electron chi connectivity index (χ1n) is 5.16. The summed E-state index contributed by atoms with van der Waals surface area (Å²) >= 11 is 3.31. The highest BCUT2D eigenvalue weighted by atomic mass is 79.9. The van der Waals surface area contributed by atoms with Gasteiger partial charge in [-0.15, -0.1) is 0 Å². The molecule has 0 saturated carbocycles. The van der Waals surface area contributed by atoms with Crippen LogP contribution < -0.4 is 5.32 Å². The number of hydrogen-bond donors (Lipinski definition) is 1. The van der Waals surface area contributed by atoms with Gasteiger partial charge in [0.05, 0.1) is 0 Å². The molecule has 2 nitrogen and oxygen atoms in total. The fourth-order valence-corrected chi connectivity index (χ4v) is 1.85. The first-order chi connectivity index (χ1) is 7.54. The molecule has 0 aliphatic carbocycles. The van der Waals surface area contributed by atoms with Crippen molar-refractivity contribution in [1.82, 2.24) is 5.32 Å². The van der Waals surface area contributed by atoms with E-state index in [1.54, 1.807) is 6.07 Å². The standard InChI is InChI=1S/C12H15BrFNO/c1-8(7-15-2)12(16)6-9-5-10(14)3-4-11(9)13/h3-5,8,15H,6-7H2,1-2H3. The van der Waals surface area contributed by atoms with E-state index in [4.69, 9.17) is 0 Å². The maximum atomic E-state index is 13.0. The molecule has 88 valence electrons. The quantitative estimate of drug-likeness (QED) is 0.902. The Kier molecular flexibility index (Phi) is 5.09. The lowest BCUT2D eigenvalue weighted by Gasteiger charge is -2.10. The third-order valence-corrected chi connectivity index (χ3v) is 3.21. The molecule has 1 aromatic rings. The minimum atomic E-state index is -0.313. The van der Waals surface area contributed by atoms with Crippen LogP contribution in [0.3, 0.4) is 0 Å². The molecule has 0 aliphatic rings. The third-order valence-electron chi connectivity index (χ3n) is 2.43. The smallest absolute Gasteiger partial charge is 0.141 e. The maximum Gasteiger partial charge on any atom is 0.141 e. The molecular formula is C12H15BrFNO. The minimum Gasteiger partial charge on any atom is -0.319 e. The molecule has 0 aromatic heterocycles. The predicted octanol–water partition coefficient (Wildman–Crippen LogP) is 2.56. The summed E-state index contributed by atoms with van der Waals surface area (Å²) < 4.78 is 13.8. The Morgan fingerprint density at radius 1 is 1.56 bits per heavy atom. The van der Waals surface area contributed by atoms with Gasteiger partial charge in [-0.05, 0) is 30.8 Å². The van der Waals surface area contributed by atoms with Gasteiger partial charge >= 0.3 is 0 Å². The zero-order valence-electron chi connectivity index (χ0n) is 9.39. The fraction of sp³-hybridized carbons (Fsp3) is 0.417. The molecule has 1 unspecified atom stereocenters. The number of hydrogen-bond acceptors (Lipinski definition) is 2. The van der Waals surface area contributed by atoms with E-state index in [9.17, 15) is 9.18 Å². The van der Waals surface area contributed by atoms with Crippen molar-refractivity contribution in [2.24, 2.45) is 5.92 Å². The lowest BCUT2D eigenvalue weighted by atomic mass is 9.99. The minimum absolute atomic E-state index is 0.0554. The molecule has 4 heteroatoms. The van der Waals surface area contributed by atoms with E-state index in [1.165, 1.54) is 12.1 Å². The summed E-state index contributed by atoms with van der Waals surface area (Å²) in [7, 11) is 1.81.